The molecule has 1 atom stereocenters. The number of nitrogens with zero attached hydrogens (tertiary/aromatic N) is 1. The molecule has 0 spiro atoms. The third-order valence-electron chi connectivity index (χ3n) is 3.55. The smallest absolute Gasteiger partial charge is 0.253 e. The Bertz CT molecular complexity index is 611. The molecule has 20 heavy (non-hydrogen) atoms. The van der Waals surface area contributed by atoms with Crippen LogP contribution in [0.1, 0.15) is 40.5 Å². The molecule has 0 saturated carbocycles. The summed E-state index contributed by atoms with van der Waals surface area (Å²) in [5.41, 5.74) is 9.06. The molecule has 4 N–H and O–H groups in total. The molecule has 0 saturated heterocycles. The van der Waals surface area contributed by atoms with E-state index in [2.05, 4.69) is 15.5 Å². The zero-order valence-electron chi connectivity index (χ0n) is 10.9. The Morgan fingerprint density at radius 2 is 2.20 bits per heavy atom. The van der Waals surface area contributed by atoms with Crippen molar-refractivity contribution in [1.29, 1.82) is 0 Å². The number of aromatic nitrogens is 2. The molecule has 0 radical (unpaired) electrons. The number of anilines is 1. The maximum absolute atomic E-state index is 12.2. The Balaban J connectivity index is 0.00000147. The first-order valence-corrected chi connectivity index (χ1v) is 6.43. The molecule has 0 fully saturated rings. The van der Waals surface area contributed by atoms with E-state index in [-0.39, 0.29) is 24.4 Å². The number of hydrogen-bond donors (Lipinski definition) is 3. The number of nitrogens with two attached hydrogens (primary N) is 1. The molecular weight excluding hydrogens is 276 g/mol. The van der Waals surface area contributed by atoms with Gasteiger partial charge in [-0.15, -0.1) is 12.4 Å². The summed E-state index contributed by atoms with van der Waals surface area (Å²) in [7, 11) is 0. The van der Waals surface area contributed by atoms with E-state index in [1.54, 1.807) is 12.1 Å². The molecule has 1 aliphatic rings. The van der Waals surface area contributed by atoms with Crippen molar-refractivity contribution in [3.05, 3.63) is 47.3 Å². The monoisotopic (exact) mass is 292 g/mol. The minimum absolute atomic E-state index is 0. The van der Waals surface area contributed by atoms with Crippen molar-refractivity contribution in [1.82, 2.24) is 15.5 Å². The number of fused-ring (bicyclic) bond motifs is 1. The molecule has 3 rings (SSSR count). The van der Waals surface area contributed by atoms with E-state index in [9.17, 15) is 4.79 Å². The number of benzene rings is 1. The first-order chi connectivity index (χ1) is 9.25. The normalized spacial score (nSPS) is 16.9. The number of carbonyl (C=O) groups is 1. The zero-order chi connectivity index (χ0) is 13.2. The highest BCUT2D eigenvalue weighted by Gasteiger charge is 2.24. The van der Waals surface area contributed by atoms with E-state index in [1.807, 2.05) is 18.3 Å². The van der Waals surface area contributed by atoms with Crippen LogP contribution in [0.15, 0.2) is 30.5 Å². The van der Waals surface area contributed by atoms with Gasteiger partial charge >= 0.3 is 0 Å². The summed E-state index contributed by atoms with van der Waals surface area (Å²) in [5.74, 6) is -0.134. The van der Waals surface area contributed by atoms with Crippen molar-refractivity contribution in [2.45, 2.75) is 25.3 Å². The number of nitrogen functional groups attached to an aromatic ring is 1. The van der Waals surface area contributed by atoms with E-state index in [1.165, 1.54) is 5.56 Å². The van der Waals surface area contributed by atoms with Gasteiger partial charge in [0.05, 0.1) is 23.5 Å². The number of rotatable bonds is 2. The Kier molecular flexibility index (Phi) is 4.29. The zero-order valence-corrected chi connectivity index (χ0v) is 11.7. The van der Waals surface area contributed by atoms with Gasteiger partial charge in [0.15, 0.2) is 0 Å². The average molecular weight is 293 g/mol. The fraction of sp³-hybridized carbons (Fsp3) is 0.286. The third-order valence-corrected chi connectivity index (χ3v) is 3.55. The van der Waals surface area contributed by atoms with E-state index >= 15 is 0 Å². The van der Waals surface area contributed by atoms with Crippen LogP contribution in [-0.4, -0.2) is 16.1 Å². The fourth-order valence-electron chi connectivity index (χ4n) is 2.55. The topological polar surface area (TPSA) is 83.8 Å². The number of nitrogens with one attached hydrogen (secondary N) is 2. The summed E-state index contributed by atoms with van der Waals surface area (Å²) in [6.45, 7) is 0. The van der Waals surface area contributed by atoms with Crippen molar-refractivity contribution in [3.8, 4) is 0 Å². The highest BCUT2D eigenvalue weighted by atomic mass is 35.5. The lowest BCUT2D eigenvalue weighted by atomic mass is 9.93. The summed E-state index contributed by atoms with van der Waals surface area (Å²) in [6, 6.07) is 7.10. The number of halogens is 1. The molecular formula is C14H17ClN4O. The van der Waals surface area contributed by atoms with Crippen molar-refractivity contribution in [2.75, 3.05) is 5.73 Å². The van der Waals surface area contributed by atoms with Crippen LogP contribution < -0.4 is 11.1 Å². The average Bonchev–Trinajstić information content (AvgIpc) is 2.88. The number of carbonyl (C=O) groups excluding carboxylic acids is 1. The molecule has 1 aliphatic carbocycles. The van der Waals surface area contributed by atoms with Gasteiger partial charge in [0.25, 0.3) is 5.91 Å². The summed E-state index contributed by atoms with van der Waals surface area (Å²) < 4.78 is 0. The van der Waals surface area contributed by atoms with Gasteiger partial charge in [0, 0.05) is 5.69 Å². The number of amides is 1. The Morgan fingerprint density at radius 1 is 1.40 bits per heavy atom. The van der Waals surface area contributed by atoms with Gasteiger partial charge in [-0.2, -0.15) is 5.10 Å². The van der Waals surface area contributed by atoms with Crippen LogP contribution >= 0.6 is 12.4 Å². The molecule has 0 aliphatic heterocycles. The van der Waals surface area contributed by atoms with Gasteiger partial charge in [-0.1, -0.05) is 12.1 Å². The summed E-state index contributed by atoms with van der Waals surface area (Å²) in [6.07, 6.45) is 4.84. The van der Waals surface area contributed by atoms with E-state index in [4.69, 9.17) is 5.73 Å². The molecule has 0 bridgehead atoms. The number of para-hydroxylation sites is 1. The molecule has 2 aromatic rings. The lowest BCUT2D eigenvalue weighted by molar-refractivity contribution is 0.0932. The lowest BCUT2D eigenvalue weighted by Gasteiger charge is -2.23. The largest absolute Gasteiger partial charge is 0.398 e. The Labute approximate surface area is 123 Å². The third kappa shape index (κ3) is 2.63. The molecule has 5 nitrogen and oxygen atoms in total. The van der Waals surface area contributed by atoms with Gasteiger partial charge in [-0.05, 0) is 37.0 Å². The highest BCUT2D eigenvalue weighted by molar-refractivity contribution is 5.99. The molecule has 1 aromatic carbocycles. The Morgan fingerprint density at radius 3 is 3.00 bits per heavy atom. The predicted octanol–water partition coefficient (Wildman–Crippen LogP) is 2.22. The first kappa shape index (κ1) is 14.4. The molecule has 6 heteroatoms. The van der Waals surface area contributed by atoms with Crippen LogP contribution in [0.3, 0.4) is 0 Å². The van der Waals surface area contributed by atoms with Gasteiger partial charge in [0.2, 0.25) is 0 Å². The van der Waals surface area contributed by atoms with Gasteiger partial charge in [0.1, 0.15) is 0 Å². The van der Waals surface area contributed by atoms with Crippen LogP contribution in [0.5, 0.6) is 0 Å². The number of H-pyrrole nitrogens is 1. The number of aromatic amines is 1. The van der Waals surface area contributed by atoms with Crippen LogP contribution in [-0.2, 0) is 6.42 Å². The van der Waals surface area contributed by atoms with Crippen molar-refractivity contribution in [3.63, 3.8) is 0 Å². The van der Waals surface area contributed by atoms with Crippen molar-refractivity contribution >= 4 is 24.0 Å². The molecule has 106 valence electrons. The van der Waals surface area contributed by atoms with E-state index < -0.39 is 0 Å². The first-order valence-electron chi connectivity index (χ1n) is 6.43. The van der Waals surface area contributed by atoms with Crippen LogP contribution in [0, 0.1) is 0 Å². The molecule has 1 heterocycles. The van der Waals surface area contributed by atoms with Gasteiger partial charge in [-0.3, -0.25) is 9.89 Å². The minimum atomic E-state index is -0.134. The Hall–Kier alpha value is -2.01. The summed E-state index contributed by atoms with van der Waals surface area (Å²) in [4.78, 5) is 12.2. The van der Waals surface area contributed by atoms with Crippen LogP contribution in [0.25, 0.3) is 0 Å². The fourth-order valence-corrected chi connectivity index (χ4v) is 2.55. The second kappa shape index (κ2) is 5.96. The maximum atomic E-state index is 12.2. The second-order valence-corrected chi connectivity index (χ2v) is 4.81. The van der Waals surface area contributed by atoms with Crippen LogP contribution in [0.4, 0.5) is 5.69 Å². The summed E-state index contributed by atoms with van der Waals surface area (Å²) in [5, 5.41) is 10.1. The SMILES string of the molecule is Cl.Nc1ccccc1C(=O)NC1CCCc2cn[nH]c21. The van der Waals surface area contributed by atoms with E-state index in [0.29, 0.717) is 11.3 Å². The molecule has 1 amide bonds. The quantitative estimate of drug-likeness (QED) is 0.742. The van der Waals surface area contributed by atoms with Crippen LogP contribution in [0.2, 0.25) is 0 Å². The minimum Gasteiger partial charge on any atom is -0.398 e. The van der Waals surface area contributed by atoms with Crippen molar-refractivity contribution < 1.29 is 4.79 Å². The highest BCUT2D eigenvalue weighted by Crippen LogP contribution is 2.28. The summed E-state index contributed by atoms with van der Waals surface area (Å²) >= 11 is 0. The maximum Gasteiger partial charge on any atom is 0.253 e. The van der Waals surface area contributed by atoms with Gasteiger partial charge in [-0.25, -0.2) is 0 Å². The van der Waals surface area contributed by atoms with Crippen molar-refractivity contribution in [2.24, 2.45) is 0 Å². The number of aryl methyl sites for hydroxylation is 1. The number of hydrogen-bond acceptors (Lipinski definition) is 3. The standard InChI is InChI=1S/C14H16N4O.ClH/c15-11-6-2-1-5-10(11)14(19)17-12-7-3-4-9-8-16-18-13(9)12;/h1-2,5-6,8,12H,3-4,7,15H2,(H,16,18)(H,17,19);1H. The predicted molar refractivity (Wildman–Crippen MR) is 79.8 cm³/mol. The van der Waals surface area contributed by atoms with E-state index in [0.717, 1.165) is 25.0 Å². The molecule has 1 unspecified atom stereocenters. The molecule has 1 aromatic heterocycles. The lowest BCUT2D eigenvalue weighted by Crippen LogP contribution is -2.31. The van der Waals surface area contributed by atoms with Gasteiger partial charge < -0.3 is 11.1 Å². The second-order valence-electron chi connectivity index (χ2n) is 4.81.